The van der Waals surface area contributed by atoms with Crippen LogP contribution in [0.25, 0.3) is 0 Å². The highest BCUT2D eigenvalue weighted by molar-refractivity contribution is 9.10. The van der Waals surface area contributed by atoms with Gasteiger partial charge in [0.2, 0.25) is 0 Å². The average Bonchev–Trinajstić information content (AvgIpc) is 2.65. The topological polar surface area (TPSA) is 3.24 Å². The number of thiocarbonyl (C=S) groups is 1. The number of allylic oxidation sites excluding steroid dienone is 2. The number of thioether (sulfide) groups is 1. The molecular weight excluding hydrogens is 410 g/mol. The molecule has 1 aliphatic carbocycles. The van der Waals surface area contributed by atoms with Gasteiger partial charge in [-0.1, -0.05) is 88.5 Å². The predicted molar refractivity (Wildman–Crippen MR) is 114 cm³/mol. The Hall–Kier alpha value is -1.10. The first kappa shape index (κ1) is 17.3. The lowest BCUT2D eigenvalue weighted by Gasteiger charge is -2.44. The Balaban J connectivity index is 1.64. The molecule has 0 saturated carbocycles. The summed E-state index contributed by atoms with van der Waals surface area (Å²) in [5.74, 6) is 0.551. The van der Waals surface area contributed by atoms with Crippen LogP contribution in [0, 0.1) is 5.92 Å². The number of halogens is 1. The molecule has 2 unspecified atom stereocenters. The van der Waals surface area contributed by atoms with Crippen LogP contribution in [0.5, 0.6) is 0 Å². The molecule has 0 amide bonds. The first-order valence-electron chi connectivity index (χ1n) is 8.70. The summed E-state index contributed by atoms with van der Waals surface area (Å²) in [5, 5.41) is 0.430. The fraction of sp³-hybridized carbons (Fsp3) is 0.286. The SMILES string of the molecule is S=C1SC(c2ccc(Br)cc2)C2CCCC=C2N1Cc1ccccc1. The Morgan fingerprint density at radius 3 is 2.60 bits per heavy atom. The first-order chi connectivity index (χ1) is 12.2. The van der Waals surface area contributed by atoms with Crippen LogP contribution in [-0.4, -0.2) is 9.22 Å². The van der Waals surface area contributed by atoms with Gasteiger partial charge in [-0.2, -0.15) is 0 Å². The summed E-state index contributed by atoms with van der Waals surface area (Å²) in [6.07, 6.45) is 6.10. The highest BCUT2D eigenvalue weighted by atomic mass is 79.9. The number of fused-ring (bicyclic) bond motifs is 1. The molecule has 2 atom stereocenters. The molecule has 1 fully saturated rings. The van der Waals surface area contributed by atoms with Crippen molar-refractivity contribution in [3.05, 3.63) is 82.0 Å². The maximum Gasteiger partial charge on any atom is 0.141 e. The highest BCUT2D eigenvalue weighted by Crippen LogP contribution is 2.50. The molecular formula is C21H20BrNS2. The van der Waals surface area contributed by atoms with Crippen LogP contribution in [0.1, 0.15) is 35.6 Å². The summed E-state index contributed by atoms with van der Waals surface area (Å²) in [6, 6.07) is 19.4. The minimum atomic E-state index is 0.430. The molecule has 1 nitrogen and oxygen atoms in total. The summed E-state index contributed by atoms with van der Waals surface area (Å²) in [7, 11) is 0. The zero-order valence-corrected chi connectivity index (χ0v) is 17.1. The molecule has 1 saturated heterocycles. The lowest BCUT2D eigenvalue weighted by atomic mass is 9.85. The lowest BCUT2D eigenvalue weighted by molar-refractivity contribution is 0.371. The second-order valence-corrected chi connectivity index (χ2v) is 9.29. The number of rotatable bonds is 3. The van der Waals surface area contributed by atoms with E-state index in [2.05, 4.69) is 81.5 Å². The quantitative estimate of drug-likeness (QED) is 0.499. The van der Waals surface area contributed by atoms with Gasteiger partial charge in [-0.25, -0.2) is 0 Å². The van der Waals surface area contributed by atoms with Gasteiger partial charge in [0.25, 0.3) is 0 Å². The third kappa shape index (κ3) is 3.71. The molecule has 2 aromatic carbocycles. The van der Waals surface area contributed by atoms with Gasteiger partial charge in [0, 0.05) is 27.9 Å². The van der Waals surface area contributed by atoms with Gasteiger partial charge in [-0.3, -0.25) is 0 Å². The minimum absolute atomic E-state index is 0.430. The zero-order valence-electron chi connectivity index (χ0n) is 13.9. The lowest BCUT2D eigenvalue weighted by Crippen LogP contribution is -2.38. The van der Waals surface area contributed by atoms with Gasteiger partial charge in [0.1, 0.15) is 4.32 Å². The molecule has 2 aromatic rings. The fourth-order valence-electron chi connectivity index (χ4n) is 3.74. The van der Waals surface area contributed by atoms with Crippen molar-refractivity contribution in [3.63, 3.8) is 0 Å². The molecule has 0 N–H and O–H groups in total. The summed E-state index contributed by atoms with van der Waals surface area (Å²) in [4.78, 5) is 2.37. The van der Waals surface area contributed by atoms with Gasteiger partial charge in [0.05, 0.1) is 0 Å². The zero-order chi connectivity index (χ0) is 17.2. The Morgan fingerprint density at radius 1 is 1.08 bits per heavy atom. The number of nitrogens with zero attached hydrogens (tertiary/aromatic N) is 1. The molecule has 0 radical (unpaired) electrons. The molecule has 128 valence electrons. The maximum absolute atomic E-state index is 5.84. The van der Waals surface area contributed by atoms with Crippen molar-refractivity contribution in [2.75, 3.05) is 0 Å². The minimum Gasteiger partial charge on any atom is -0.327 e. The number of benzene rings is 2. The molecule has 4 heteroatoms. The van der Waals surface area contributed by atoms with Crippen molar-refractivity contribution in [2.45, 2.75) is 31.1 Å². The third-order valence-electron chi connectivity index (χ3n) is 4.96. The van der Waals surface area contributed by atoms with Crippen LogP contribution >= 0.6 is 39.9 Å². The summed E-state index contributed by atoms with van der Waals surface area (Å²) in [5.41, 5.74) is 4.14. The second-order valence-electron chi connectivity index (χ2n) is 6.59. The molecule has 0 aromatic heterocycles. The van der Waals surface area contributed by atoms with Gasteiger partial charge >= 0.3 is 0 Å². The van der Waals surface area contributed by atoms with E-state index in [0.29, 0.717) is 11.2 Å². The van der Waals surface area contributed by atoms with E-state index in [-0.39, 0.29) is 0 Å². The smallest absolute Gasteiger partial charge is 0.141 e. The van der Waals surface area contributed by atoms with E-state index < -0.39 is 0 Å². The van der Waals surface area contributed by atoms with Crippen LogP contribution in [0.4, 0.5) is 0 Å². The maximum atomic E-state index is 5.84. The summed E-state index contributed by atoms with van der Waals surface area (Å²) < 4.78 is 2.13. The average molecular weight is 430 g/mol. The van der Waals surface area contributed by atoms with Crippen molar-refractivity contribution in [1.82, 2.24) is 4.90 Å². The Morgan fingerprint density at radius 2 is 1.84 bits per heavy atom. The Bertz CT molecular complexity index is 785. The van der Waals surface area contributed by atoms with Gasteiger partial charge < -0.3 is 4.90 Å². The van der Waals surface area contributed by atoms with Crippen molar-refractivity contribution in [1.29, 1.82) is 0 Å². The van der Waals surface area contributed by atoms with E-state index in [1.807, 2.05) is 11.8 Å². The van der Waals surface area contributed by atoms with Crippen LogP contribution < -0.4 is 0 Å². The van der Waals surface area contributed by atoms with Crippen molar-refractivity contribution >= 4 is 44.2 Å². The number of hydrogen-bond acceptors (Lipinski definition) is 2. The van der Waals surface area contributed by atoms with Crippen LogP contribution in [0.2, 0.25) is 0 Å². The van der Waals surface area contributed by atoms with E-state index >= 15 is 0 Å². The molecule has 25 heavy (non-hydrogen) atoms. The number of hydrogen-bond donors (Lipinski definition) is 0. The van der Waals surface area contributed by atoms with E-state index in [9.17, 15) is 0 Å². The molecule has 1 aliphatic heterocycles. The normalized spacial score (nSPS) is 23.2. The van der Waals surface area contributed by atoms with Gasteiger partial charge in [-0.15, -0.1) is 0 Å². The fourth-order valence-corrected chi connectivity index (χ4v) is 5.73. The predicted octanol–water partition coefficient (Wildman–Crippen LogP) is 6.71. The monoisotopic (exact) mass is 429 g/mol. The van der Waals surface area contributed by atoms with Crippen molar-refractivity contribution in [2.24, 2.45) is 5.92 Å². The van der Waals surface area contributed by atoms with Crippen LogP contribution in [0.3, 0.4) is 0 Å². The molecule has 2 aliphatic rings. The standard InChI is InChI=1S/C21H20BrNS2/c22-17-12-10-16(11-13-17)20-18-8-4-5-9-19(18)23(21(24)25-20)14-15-6-2-1-3-7-15/h1-3,6-7,9-13,18,20H,4-5,8,14H2. The summed E-state index contributed by atoms with van der Waals surface area (Å²) in [6.45, 7) is 0.877. The molecule has 1 heterocycles. The van der Waals surface area contributed by atoms with E-state index in [0.717, 1.165) is 21.8 Å². The van der Waals surface area contributed by atoms with Crippen molar-refractivity contribution < 1.29 is 0 Å². The highest BCUT2D eigenvalue weighted by Gasteiger charge is 2.38. The molecule has 0 bridgehead atoms. The van der Waals surface area contributed by atoms with Crippen LogP contribution in [0.15, 0.2) is 70.8 Å². The van der Waals surface area contributed by atoms with E-state index in [1.165, 1.54) is 29.7 Å². The molecule has 0 spiro atoms. The largest absolute Gasteiger partial charge is 0.327 e. The third-order valence-corrected chi connectivity index (χ3v) is 7.27. The first-order valence-corrected chi connectivity index (χ1v) is 10.8. The van der Waals surface area contributed by atoms with Gasteiger partial charge in [-0.05, 0) is 42.5 Å². The van der Waals surface area contributed by atoms with Crippen molar-refractivity contribution in [3.8, 4) is 0 Å². The Labute approximate surface area is 167 Å². The summed E-state index contributed by atoms with van der Waals surface area (Å²) >= 11 is 11.2. The van der Waals surface area contributed by atoms with E-state index in [4.69, 9.17) is 12.2 Å². The van der Waals surface area contributed by atoms with Gasteiger partial charge in [0.15, 0.2) is 0 Å². The Kier molecular flexibility index (Phi) is 5.30. The van der Waals surface area contributed by atoms with E-state index in [1.54, 1.807) is 0 Å². The van der Waals surface area contributed by atoms with Crippen LogP contribution in [-0.2, 0) is 6.54 Å². The second kappa shape index (κ2) is 7.65. The molecule has 4 rings (SSSR count).